The molecule has 0 radical (unpaired) electrons. The standard InChI is InChI=1S/C19H18BrFN4O3S/c20-15-5-3-4-14(12-15)19-22-18(28-23-19)13-24-8-10-25(11-9-24)29(26,27)17-7-2-1-6-16(17)21/h1-7,12H,8-11,13H2. The molecule has 0 aliphatic carbocycles. The molecular formula is C19H18BrFN4O3S. The molecule has 10 heteroatoms. The predicted octanol–water partition coefficient (Wildman–Crippen LogP) is 3.14. The SMILES string of the molecule is O=S(=O)(c1ccccc1F)N1CCN(Cc2nc(-c3cccc(Br)c3)no2)CC1. The normalized spacial score (nSPS) is 16.2. The van der Waals surface area contributed by atoms with E-state index in [0.29, 0.717) is 31.3 Å². The minimum Gasteiger partial charge on any atom is -0.338 e. The summed E-state index contributed by atoms with van der Waals surface area (Å²) in [4.78, 5) is 6.17. The molecule has 1 aromatic heterocycles. The van der Waals surface area contributed by atoms with Gasteiger partial charge in [0, 0.05) is 36.2 Å². The lowest BCUT2D eigenvalue weighted by Gasteiger charge is -2.33. The van der Waals surface area contributed by atoms with Gasteiger partial charge in [-0.15, -0.1) is 0 Å². The Morgan fingerprint density at radius 1 is 1.07 bits per heavy atom. The monoisotopic (exact) mass is 480 g/mol. The molecule has 29 heavy (non-hydrogen) atoms. The molecule has 2 aromatic carbocycles. The fraction of sp³-hybridized carbons (Fsp3) is 0.263. The van der Waals surface area contributed by atoms with Gasteiger partial charge in [-0.25, -0.2) is 12.8 Å². The summed E-state index contributed by atoms with van der Waals surface area (Å²) in [6.45, 7) is 1.94. The van der Waals surface area contributed by atoms with Crippen molar-refractivity contribution in [3.63, 3.8) is 0 Å². The van der Waals surface area contributed by atoms with E-state index in [1.807, 2.05) is 29.2 Å². The fourth-order valence-electron chi connectivity index (χ4n) is 3.18. The van der Waals surface area contributed by atoms with Gasteiger partial charge in [0.05, 0.1) is 6.54 Å². The Kier molecular flexibility index (Phi) is 5.77. The van der Waals surface area contributed by atoms with E-state index in [1.165, 1.54) is 22.5 Å². The van der Waals surface area contributed by atoms with Crippen molar-refractivity contribution in [1.29, 1.82) is 0 Å². The van der Waals surface area contributed by atoms with E-state index in [0.717, 1.165) is 16.1 Å². The average molecular weight is 481 g/mol. The summed E-state index contributed by atoms with van der Waals surface area (Å²) in [5, 5.41) is 4.02. The number of halogens is 2. The molecular weight excluding hydrogens is 463 g/mol. The molecule has 4 rings (SSSR count). The van der Waals surface area contributed by atoms with Crippen molar-refractivity contribution >= 4 is 26.0 Å². The Morgan fingerprint density at radius 2 is 1.83 bits per heavy atom. The lowest BCUT2D eigenvalue weighted by molar-refractivity contribution is 0.163. The molecule has 0 N–H and O–H groups in total. The number of piperazine rings is 1. The number of benzene rings is 2. The van der Waals surface area contributed by atoms with Crippen LogP contribution in [0.3, 0.4) is 0 Å². The van der Waals surface area contributed by atoms with Crippen LogP contribution in [0.2, 0.25) is 0 Å². The van der Waals surface area contributed by atoms with Crippen LogP contribution < -0.4 is 0 Å². The van der Waals surface area contributed by atoms with Gasteiger partial charge in [-0.2, -0.15) is 9.29 Å². The summed E-state index contributed by atoms with van der Waals surface area (Å²) in [6, 6.07) is 13.0. The van der Waals surface area contributed by atoms with Gasteiger partial charge in [0.25, 0.3) is 0 Å². The minimum atomic E-state index is -3.85. The molecule has 0 atom stereocenters. The zero-order valence-electron chi connectivity index (χ0n) is 15.3. The molecule has 0 unspecified atom stereocenters. The van der Waals surface area contributed by atoms with Crippen LogP contribution in [-0.4, -0.2) is 53.9 Å². The maximum absolute atomic E-state index is 13.9. The number of sulfonamides is 1. The van der Waals surface area contributed by atoms with E-state index in [2.05, 4.69) is 26.1 Å². The molecule has 0 amide bonds. The molecule has 1 fully saturated rings. The van der Waals surface area contributed by atoms with Crippen LogP contribution in [0.1, 0.15) is 5.89 Å². The van der Waals surface area contributed by atoms with Gasteiger partial charge >= 0.3 is 0 Å². The summed E-state index contributed by atoms with van der Waals surface area (Å²) in [7, 11) is -3.85. The lowest BCUT2D eigenvalue weighted by Crippen LogP contribution is -2.48. The average Bonchev–Trinajstić information content (AvgIpc) is 3.17. The zero-order valence-corrected chi connectivity index (χ0v) is 17.7. The van der Waals surface area contributed by atoms with Crippen LogP contribution in [0.5, 0.6) is 0 Å². The van der Waals surface area contributed by atoms with Gasteiger partial charge < -0.3 is 4.52 Å². The first-order chi connectivity index (χ1) is 13.9. The summed E-state index contributed by atoms with van der Waals surface area (Å²) >= 11 is 3.42. The first-order valence-corrected chi connectivity index (χ1v) is 11.2. The molecule has 0 spiro atoms. The summed E-state index contributed by atoms with van der Waals surface area (Å²) < 4.78 is 46.9. The van der Waals surface area contributed by atoms with E-state index in [1.54, 1.807) is 0 Å². The Morgan fingerprint density at radius 3 is 2.55 bits per heavy atom. The first-order valence-electron chi connectivity index (χ1n) is 8.99. The first kappa shape index (κ1) is 20.1. The molecule has 152 valence electrons. The highest BCUT2D eigenvalue weighted by Gasteiger charge is 2.30. The summed E-state index contributed by atoms with van der Waals surface area (Å²) in [5.41, 5.74) is 0.843. The molecule has 1 aliphatic heterocycles. The second kappa shape index (κ2) is 8.31. The molecule has 1 saturated heterocycles. The second-order valence-electron chi connectivity index (χ2n) is 6.63. The maximum atomic E-state index is 13.9. The zero-order chi connectivity index (χ0) is 20.4. The Hall–Kier alpha value is -2.14. The van der Waals surface area contributed by atoms with Crippen LogP contribution in [0, 0.1) is 5.82 Å². The molecule has 0 saturated carbocycles. The van der Waals surface area contributed by atoms with Crippen LogP contribution in [0.25, 0.3) is 11.4 Å². The third-order valence-corrected chi connectivity index (χ3v) is 7.12. The van der Waals surface area contributed by atoms with Crippen molar-refractivity contribution in [3.8, 4) is 11.4 Å². The van der Waals surface area contributed by atoms with Gasteiger partial charge in [0.1, 0.15) is 10.7 Å². The number of hydrogen-bond acceptors (Lipinski definition) is 6. The highest BCUT2D eigenvalue weighted by atomic mass is 79.9. The molecule has 1 aliphatic rings. The fourth-order valence-corrected chi connectivity index (χ4v) is 5.06. The van der Waals surface area contributed by atoms with E-state index in [4.69, 9.17) is 4.52 Å². The highest BCUT2D eigenvalue weighted by Crippen LogP contribution is 2.22. The van der Waals surface area contributed by atoms with Crippen LogP contribution >= 0.6 is 15.9 Å². The van der Waals surface area contributed by atoms with Crippen molar-refractivity contribution in [2.24, 2.45) is 0 Å². The van der Waals surface area contributed by atoms with Crippen LogP contribution in [0.15, 0.2) is 62.4 Å². The summed E-state index contributed by atoms with van der Waals surface area (Å²) in [6.07, 6.45) is 0. The van der Waals surface area contributed by atoms with Crippen molar-refractivity contribution in [1.82, 2.24) is 19.3 Å². The maximum Gasteiger partial charge on any atom is 0.246 e. The van der Waals surface area contributed by atoms with Crippen molar-refractivity contribution in [3.05, 3.63) is 64.7 Å². The number of aromatic nitrogens is 2. The second-order valence-corrected chi connectivity index (χ2v) is 9.45. The minimum absolute atomic E-state index is 0.267. The van der Waals surface area contributed by atoms with E-state index >= 15 is 0 Å². The van der Waals surface area contributed by atoms with Gasteiger partial charge in [-0.1, -0.05) is 45.4 Å². The van der Waals surface area contributed by atoms with Crippen molar-refractivity contribution in [2.45, 2.75) is 11.4 Å². The quantitative estimate of drug-likeness (QED) is 0.557. The van der Waals surface area contributed by atoms with Crippen molar-refractivity contribution in [2.75, 3.05) is 26.2 Å². The number of hydrogen-bond donors (Lipinski definition) is 0. The molecule has 7 nitrogen and oxygen atoms in total. The van der Waals surface area contributed by atoms with E-state index < -0.39 is 15.8 Å². The van der Waals surface area contributed by atoms with Crippen molar-refractivity contribution < 1.29 is 17.3 Å². The number of rotatable bonds is 5. The third-order valence-electron chi connectivity index (χ3n) is 4.70. The Balaban J connectivity index is 1.39. The largest absolute Gasteiger partial charge is 0.338 e. The van der Waals surface area contributed by atoms with Gasteiger partial charge in [-0.3, -0.25) is 4.90 Å². The van der Waals surface area contributed by atoms with Gasteiger partial charge in [-0.05, 0) is 24.3 Å². The topological polar surface area (TPSA) is 79.5 Å². The predicted molar refractivity (Wildman–Crippen MR) is 108 cm³/mol. The molecule has 2 heterocycles. The van der Waals surface area contributed by atoms with E-state index in [-0.39, 0.29) is 18.0 Å². The van der Waals surface area contributed by atoms with Crippen LogP contribution in [0.4, 0.5) is 4.39 Å². The highest BCUT2D eigenvalue weighted by molar-refractivity contribution is 9.10. The van der Waals surface area contributed by atoms with Crippen LogP contribution in [-0.2, 0) is 16.6 Å². The van der Waals surface area contributed by atoms with Gasteiger partial charge in [0.2, 0.25) is 21.7 Å². The number of nitrogens with zero attached hydrogens (tertiary/aromatic N) is 4. The Bertz CT molecular complexity index is 1110. The lowest BCUT2D eigenvalue weighted by atomic mass is 10.2. The smallest absolute Gasteiger partial charge is 0.246 e. The molecule has 0 bridgehead atoms. The third kappa shape index (κ3) is 4.40. The summed E-state index contributed by atoms with van der Waals surface area (Å²) in [5.74, 6) is 0.230. The Labute approximate surface area is 176 Å². The van der Waals surface area contributed by atoms with E-state index in [9.17, 15) is 12.8 Å². The molecule has 3 aromatic rings. The van der Waals surface area contributed by atoms with Gasteiger partial charge in [0.15, 0.2) is 0 Å².